The monoisotopic (exact) mass is 296 g/mol. The maximum atomic E-state index is 12.3. The predicted molar refractivity (Wildman–Crippen MR) is 79.9 cm³/mol. The molecule has 1 aromatic heterocycles. The van der Waals surface area contributed by atoms with Gasteiger partial charge in [0.1, 0.15) is 5.60 Å². The minimum Gasteiger partial charge on any atom is -0.444 e. The van der Waals surface area contributed by atoms with Crippen LogP contribution in [0.3, 0.4) is 0 Å². The molecule has 0 bridgehead atoms. The van der Waals surface area contributed by atoms with Crippen molar-refractivity contribution >= 4 is 6.09 Å². The molecule has 0 aliphatic carbocycles. The van der Waals surface area contributed by atoms with Crippen LogP contribution in [0.25, 0.3) is 0 Å². The molecule has 0 saturated carbocycles. The second kappa shape index (κ2) is 6.89. The molecule has 21 heavy (non-hydrogen) atoms. The maximum absolute atomic E-state index is 12.3. The highest BCUT2D eigenvalue weighted by molar-refractivity contribution is 5.68. The van der Waals surface area contributed by atoms with Gasteiger partial charge in [0.2, 0.25) is 0 Å². The lowest BCUT2D eigenvalue weighted by atomic mass is 10.1. The molecule has 2 heterocycles. The molecular formula is C16H24N2O3. The van der Waals surface area contributed by atoms with Crippen LogP contribution in [-0.2, 0) is 16.1 Å². The van der Waals surface area contributed by atoms with Gasteiger partial charge in [-0.05, 0) is 51.3 Å². The fourth-order valence-electron chi connectivity index (χ4n) is 1.76. The average molecular weight is 296 g/mol. The number of carbonyl (C=O) groups excluding carboxylic acids is 1. The second-order valence-electron chi connectivity index (χ2n) is 5.83. The summed E-state index contributed by atoms with van der Waals surface area (Å²) in [6, 6.07) is 3.55. The predicted octanol–water partition coefficient (Wildman–Crippen LogP) is 3.00. The van der Waals surface area contributed by atoms with Crippen LogP contribution in [0, 0.1) is 0 Å². The van der Waals surface area contributed by atoms with Gasteiger partial charge in [0.25, 0.3) is 0 Å². The van der Waals surface area contributed by atoms with Crippen LogP contribution >= 0.6 is 0 Å². The van der Waals surface area contributed by atoms with Gasteiger partial charge in [-0.3, -0.25) is 4.98 Å². The van der Waals surface area contributed by atoms with Gasteiger partial charge in [0.15, 0.2) is 0 Å². The summed E-state index contributed by atoms with van der Waals surface area (Å²) in [7, 11) is 0. The number of carbonyl (C=O) groups is 1. The van der Waals surface area contributed by atoms with E-state index in [1.165, 1.54) is 0 Å². The third-order valence-electron chi connectivity index (χ3n) is 2.77. The molecule has 0 aromatic carbocycles. The minimum atomic E-state index is -2.22. The van der Waals surface area contributed by atoms with E-state index < -0.39 is 30.8 Å². The summed E-state index contributed by atoms with van der Waals surface area (Å²) in [4.78, 5) is 16.8. The molecule has 5 nitrogen and oxygen atoms in total. The molecule has 0 radical (unpaired) electrons. The van der Waals surface area contributed by atoms with Gasteiger partial charge in [-0.25, -0.2) is 4.79 Å². The van der Waals surface area contributed by atoms with Crippen molar-refractivity contribution in [2.45, 2.75) is 51.9 Å². The lowest BCUT2D eigenvalue weighted by molar-refractivity contribution is -0.0170. The van der Waals surface area contributed by atoms with Crippen molar-refractivity contribution in [3.8, 4) is 0 Å². The molecule has 2 rings (SSSR count). The molecule has 5 heteroatoms. The lowest BCUT2D eigenvalue weighted by Crippen LogP contribution is -2.43. The highest BCUT2D eigenvalue weighted by Gasteiger charge is 2.27. The molecule has 1 aromatic rings. The Hall–Kier alpha value is -1.62. The van der Waals surface area contributed by atoms with E-state index >= 15 is 0 Å². The fraction of sp³-hybridized carbons (Fsp3) is 0.625. The molecule has 0 atom stereocenters. The number of likely N-dealkylation sites (tertiary alicyclic amines) is 1. The quantitative estimate of drug-likeness (QED) is 0.860. The Morgan fingerprint density at radius 1 is 1.38 bits per heavy atom. The van der Waals surface area contributed by atoms with Gasteiger partial charge in [-0.2, -0.15) is 0 Å². The van der Waals surface area contributed by atoms with Crippen LogP contribution in [-0.4, -0.2) is 40.7 Å². The number of pyridine rings is 1. The third-order valence-corrected chi connectivity index (χ3v) is 2.77. The number of aromatic nitrogens is 1. The first-order chi connectivity index (χ1) is 11.4. The standard InChI is InChI=1S/C16H24N2O3/c1-16(2,3)21-15(19)18-10-6-14(7-11-18)20-12-13-4-8-17-9-5-13/h4-5,8-9,14H,6-7,10-12H2,1-3H3/i10D2,11D2. The summed E-state index contributed by atoms with van der Waals surface area (Å²) in [6.45, 7) is 0.758. The lowest BCUT2D eigenvalue weighted by Gasteiger charge is -2.33. The van der Waals surface area contributed by atoms with Crippen LogP contribution in [0.2, 0.25) is 0 Å². The molecule has 1 amide bonds. The Morgan fingerprint density at radius 3 is 2.57 bits per heavy atom. The zero-order chi connectivity index (χ0) is 18.9. The Kier molecular flexibility index (Phi) is 3.62. The smallest absolute Gasteiger partial charge is 0.410 e. The molecule has 116 valence electrons. The Morgan fingerprint density at radius 2 is 2.00 bits per heavy atom. The molecule has 0 N–H and O–H groups in total. The zero-order valence-corrected chi connectivity index (χ0v) is 12.6. The molecule has 1 aliphatic rings. The second-order valence-corrected chi connectivity index (χ2v) is 5.83. The molecular weight excluding hydrogens is 268 g/mol. The minimum absolute atomic E-state index is 0.128. The molecule has 1 fully saturated rings. The molecule has 1 aliphatic heterocycles. The van der Waals surface area contributed by atoms with Crippen LogP contribution in [0.4, 0.5) is 4.79 Å². The molecule has 0 spiro atoms. The van der Waals surface area contributed by atoms with Gasteiger partial charge in [0, 0.05) is 30.9 Å². The SMILES string of the molecule is [2H]C1([2H])CC(OCc2ccncc2)CC([2H])([2H])N1C(=O)OC(C)(C)C. The van der Waals surface area contributed by atoms with Gasteiger partial charge in [-0.15, -0.1) is 0 Å². The van der Waals surface area contributed by atoms with E-state index in [4.69, 9.17) is 15.0 Å². The van der Waals surface area contributed by atoms with Crippen molar-refractivity contribution in [2.24, 2.45) is 0 Å². The summed E-state index contributed by atoms with van der Waals surface area (Å²) in [5.41, 5.74) is 0.0310. The molecule has 1 saturated heterocycles. The number of amides is 1. The molecule has 0 unspecified atom stereocenters. The number of piperidine rings is 1. The Bertz CT molecular complexity index is 587. The highest BCUT2D eigenvalue weighted by atomic mass is 16.6. The first-order valence-electron chi connectivity index (χ1n) is 8.95. The number of rotatable bonds is 3. The van der Waals surface area contributed by atoms with E-state index in [9.17, 15) is 4.79 Å². The number of nitrogens with zero attached hydrogens (tertiary/aromatic N) is 2. The van der Waals surface area contributed by atoms with E-state index in [1.54, 1.807) is 45.3 Å². The number of hydrogen-bond acceptors (Lipinski definition) is 4. The number of ether oxygens (including phenoxy) is 2. The van der Waals surface area contributed by atoms with Crippen molar-refractivity contribution in [3.05, 3.63) is 30.1 Å². The first kappa shape index (κ1) is 11.0. The van der Waals surface area contributed by atoms with E-state index in [-0.39, 0.29) is 19.4 Å². The van der Waals surface area contributed by atoms with Gasteiger partial charge in [-0.1, -0.05) is 0 Å². The summed E-state index contributed by atoms with van der Waals surface area (Å²) in [5, 5.41) is 0. The summed E-state index contributed by atoms with van der Waals surface area (Å²) in [6.07, 6.45) is 1.34. The van der Waals surface area contributed by atoms with E-state index in [0.29, 0.717) is 4.90 Å². The number of hydrogen-bond donors (Lipinski definition) is 0. The fourth-order valence-corrected chi connectivity index (χ4v) is 1.76. The van der Waals surface area contributed by atoms with E-state index in [0.717, 1.165) is 5.56 Å². The summed E-state index contributed by atoms with van der Waals surface area (Å²) in [5.74, 6) is 0. The van der Waals surface area contributed by atoms with E-state index in [2.05, 4.69) is 4.98 Å². The van der Waals surface area contributed by atoms with Crippen LogP contribution in [0.1, 0.15) is 44.7 Å². The van der Waals surface area contributed by atoms with Gasteiger partial charge >= 0.3 is 6.09 Å². The van der Waals surface area contributed by atoms with Crippen LogP contribution < -0.4 is 0 Å². The zero-order valence-electron chi connectivity index (χ0n) is 16.6. The largest absolute Gasteiger partial charge is 0.444 e. The van der Waals surface area contributed by atoms with E-state index in [1.807, 2.05) is 0 Å². The average Bonchev–Trinajstić information content (AvgIpc) is 2.41. The third kappa shape index (κ3) is 5.34. The Labute approximate surface area is 131 Å². The summed E-state index contributed by atoms with van der Waals surface area (Å²) >= 11 is 0. The van der Waals surface area contributed by atoms with Crippen LogP contribution in [0.5, 0.6) is 0 Å². The van der Waals surface area contributed by atoms with Crippen molar-refractivity contribution in [3.63, 3.8) is 0 Å². The normalized spacial score (nSPS) is 24.4. The van der Waals surface area contributed by atoms with Crippen molar-refractivity contribution in [1.82, 2.24) is 9.88 Å². The van der Waals surface area contributed by atoms with Crippen molar-refractivity contribution < 1.29 is 19.8 Å². The summed E-state index contributed by atoms with van der Waals surface area (Å²) < 4.78 is 43.5. The van der Waals surface area contributed by atoms with Crippen molar-refractivity contribution in [2.75, 3.05) is 13.0 Å². The first-order valence-corrected chi connectivity index (χ1v) is 6.95. The Balaban J connectivity index is 2.09. The van der Waals surface area contributed by atoms with Crippen LogP contribution in [0.15, 0.2) is 24.5 Å². The van der Waals surface area contributed by atoms with Gasteiger partial charge in [0.05, 0.1) is 12.7 Å². The maximum Gasteiger partial charge on any atom is 0.410 e. The highest BCUT2D eigenvalue weighted by Crippen LogP contribution is 2.18. The topological polar surface area (TPSA) is 51.7 Å². The van der Waals surface area contributed by atoms with Gasteiger partial charge < -0.3 is 14.4 Å². The van der Waals surface area contributed by atoms with Crippen molar-refractivity contribution in [1.29, 1.82) is 0 Å².